The van der Waals surface area contributed by atoms with Crippen molar-refractivity contribution in [1.82, 2.24) is 15.0 Å². The molecule has 4 rings (SSSR count). The van der Waals surface area contributed by atoms with Crippen molar-refractivity contribution in [3.63, 3.8) is 0 Å². The van der Waals surface area contributed by atoms with Gasteiger partial charge < -0.3 is 0 Å². The van der Waals surface area contributed by atoms with Crippen molar-refractivity contribution < 1.29 is 0 Å². The molecule has 0 bridgehead atoms. The highest BCUT2D eigenvalue weighted by Crippen LogP contribution is 2.38. The number of hydrogen-bond acceptors (Lipinski definition) is 9. The molecular formula is C12H15N3S6. The molecule has 4 heterocycles. The number of thioether (sulfide) groups is 6. The Morgan fingerprint density at radius 3 is 1.19 bits per heavy atom. The molecule has 1 aromatic rings. The summed E-state index contributed by atoms with van der Waals surface area (Å²) in [4.78, 5) is 13.9. The Hall–Kier alpha value is 1.11. The minimum absolute atomic E-state index is 0.824. The minimum Gasteiger partial charge on any atom is -0.196 e. The van der Waals surface area contributed by atoms with Gasteiger partial charge in [-0.15, -0.1) is 0 Å². The SMILES string of the molecule is C(Sc1nc(SCC2CS2)nc(SCC2CS2)n1)C1CS1. The van der Waals surface area contributed by atoms with Crippen LogP contribution in [0.1, 0.15) is 0 Å². The first-order valence-corrected chi connectivity index (χ1v) is 12.9. The fraction of sp³-hybridized carbons (Fsp3) is 0.750. The molecule has 0 aliphatic carbocycles. The summed E-state index contributed by atoms with van der Waals surface area (Å²) in [5.74, 6) is 7.33. The van der Waals surface area contributed by atoms with Crippen LogP contribution in [-0.4, -0.2) is 65.2 Å². The third-order valence-corrected chi connectivity index (χ3v) is 9.55. The Morgan fingerprint density at radius 2 is 0.952 bits per heavy atom. The van der Waals surface area contributed by atoms with E-state index in [1.165, 1.54) is 17.3 Å². The highest BCUT2D eigenvalue weighted by Gasteiger charge is 2.26. The maximum Gasteiger partial charge on any atom is 0.192 e. The van der Waals surface area contributed by atoms with E-state index in [1.54, 1.807) is 35.3 Å². The van der Waals surface area contributed by atoms with E-state index in [0.717, 1.165) is 48.5 Å². The Kier molecular flexibility index (Phi) is 5.46. The van der Waals surface area contributed by atoms with E-state index in [0.29, 0.717) is 0 Å². The van der Waals surface area contributed by atoms with Crippen molar-refractivity contribution in [3.05, 3.63) is 0 Å². The first-order chi connectivity index (χ1) is 10.3. The van der Waals surface area contributed by atoms with Gasteiger partial charge in [-0.2, -0.15) is 50.2 Å². The van der Waals surface area contributed by atoms with Gasteiger partial charge in [0.2, 0.25) is 0 Å². The molecule has 0 amide bonds. The van der Waals surface area contributed by atoms with Crippen molar-refractivity contribution in [1.29, 1.82) is 0 Å². The first-order valence-electron chi connectivity index (χ1n) is 6.84. The highest BCUT2D eigenvalue weighted by molar-refractivity contribution is 8.09. The number of aromatic nitrogens is 3. The lowest BCUT2D eigenvalue weighted by atomic mass is 10.6. The van der Waals surface area contributed by atoms with Crippen LogP contribution in [-0.2, 0) is 0 Å². The van der Waals surface area contributed by atoms with Gasteiger partial charge in [0.1, 0.15) is 0 Å². The average Bonchev–Trinajstić information content (AvgIpc) is 3.38. The van der Waals surface area contributed by atoms with E-state index in [4.69, 9.17) is 0 Å². The van der Waals surface area contributed by atoms with Crippen LogP contribution in [0.15, 0.2) is 15.5 Å². The summed E-state index contributed by atoms with van der Waals surface area (Å²) < 4.78 is 0. The zero-order chi connectivity index (χ0) is 14.1. The van der Waals surface area contributed by atoms with E-state index in [2.05, 4.69) is 15.0 Å². The molecule has 3 aliphatic heterocycles. The molecule has 1 aromatic heterocycles. The lowest BCUT2D eigenvalue weighted by molar-refractivity contribution is 0.717. The average molecular weight is 394 g/mol. The van der Waals surface area contributed by atoms with Crippen LogP contribution in [0.3, 0.4) is 0 Å². The predicted octanol–water partition coefficient (Wildman–Crippen LogP) is 3.49. The summed E-state index contributed by atoms with van der Waals surface area (Å²) in [6, 6.07) is 0. The highest BCUT2D eigenvalue weighted by atomic mass is 32.2. The Balaban J connectivity index is 1.40. The maximum atomic E-state index is 4.64. The predicted molar refractivity (Wildman–Crippen MR) is 101 cm³/mol. The van der Waals surface area contributed by atoms with Crippen molar-refractivity contribution >= 4 is 70.6 Å². The van der Waals surface area contributed by atoms with Crippen LogP contribution in [0.4, 0.5) is 0 Å². The van der Waals surface area contributed by atoms with E-state index >= 15 is 0 Å². The standard InChI is InChI=1S/C12H15N3S6/c1-7(16-1)4-19-10-13-11(20-5-8-2-17-8)15-12(14-10)21-6-9-3-18-9/h7-9H,1-6H2. The van der Waals surface area contributed by atoms with Crippen molar-refractivity contribution in [2.45, 2.75) is 31.2 Å². The van der Waals surface area contributed by atoms with Gasteiger partial charge >= 0.3 is 0 Å². The molecule has 3 aliphatic rings. The number of nitrogens with zero attached hydrogens (tertiary/aromatic N) is 3. The third-order valence-electron chi connectivity index (χ3n) is 2.98. The van der Waals surface area contributed by atoms with Gasteiger partial charge in [0.15, 0.2) is 15.5 Å². The van der Waals surface area contributed by atoms with E-state index in [1.807, 2.05) is 35.3 Å². The summed E-state index contributed by atoms with van der Waals surface area (Å²) in [6.45, 7) is 0. The quantitative estimate of drug-likeness (QED) is 0.463. The molecular weight excluding hydrogens is 379 g/mol. The second-order valence-corrected chi connectivity index (χ2v) is 11.9. The molecule has 3 nitrogen and oxygen atoms in total. The topological polar surface area (TPSA) is 38.7 Å². The lowest BCUT2D eigenvalue weighted by Gasteiger charge is -2.05. The zero-order valence-corrected chi connectivity index (χ0v) is 16.2. The Bertz CT molecular complexity index is 420. The normalized spacial score (nSPS) is 29.4. The largest absolute Gasteiger partial charge is 0.196 e. The first kappa shape index (κ1) is 15.6. The third kappa shape index (κ3) is 5.60. The van der Waals surface area contributed by atoms with Gasteiger partial charge in [0.25, 0.3) is 0 Å². The zero-order valence-electron chi connectivity index (χ0n) is 11.3. The van der Waals surface area contributed by atoms with Gasteiger partial charge in [-0.25, -0.2) is 0 Å². The Labute approximate surface area is 150 Å². The molecule has 3 atom stereocenters. The molecule has 0 radical (unpaired) electrons. The smallest absolute Gasteiger partial charge is 0.192 e. The van der Waals surface area contributed by atoms with Crippen LogP contribution in [0, 0.1) is 0 Å². The molecule has 0 N–H and O–H groups in total. The molecule has 0 saturated carbocycles. The summed E-state index contributed by atoms with van der Waals surface area (Å²) in [6.07, 6.45) is 0. The van der Waals surface area contributed by atoms with Gasteiger partial charge in [0.05, 0.1) is 0 Å². The molecule has 0 aromatic carbocycles. The molecule has 0 spiro atoms. The molecule has 21 heavy (non-hydrogen) atoms. The van der Waals surface area contributed by atoms with Crippen molar-refractivity contribution in [2.24, 2.45) is 0 Å². The number of hydrogen-bond donors (Lipinski definition) is 0. The monoisotopic (exact) mass is 393 g/mol. The second kappa shape index (κ2) is 7.34. The molecule has 3 unspecified atom stereocenters. The number of rotatable bonds is 9. The van der Waals surface area contributed by atoms with Gasteiger partial charge in [-0.1, -0.05) is 35.3 Å². The summed E-state index contributed by atoms with van der Waals surface area (Å²) in [7, 11) is 0. The van der Waals surface area contributed by atoms with E-state index in [-0.39, 0.29) is 0 Å². The van der Waals surface area contributed by atoms with Gasteiger partial charge in [-0.3, -0.25) is 0 Å². The maximum absolute atomic E-state index is 4.64. The van der Waals surface area contributed by atoms with Crippen LogP contribution in [0.2, 0.25) is 0 Å². The second-order valence-electron chi connectivity index (χ2n) is 4.98. The molecule has 114 valence electrons. The summed E-state index contributed by atoms with van der Waals surface area (Å²) in [5, 5.41) is 5.25. The lowest BCUT2D eigenvalue weighted by Crippen LogP contribution is -2.01. The fourth-order valence-electron chi connectivity index (χ4n) is 1.51. The Morgan fingerprint density at radius 1 is 0.667 bits per heavy atom. The van der Waals surface area contributed by atoms with Gasteiger partial charge in [0, 0.05) is 50.3 Å². The summed E-state index contributed by atoms with van der Waals surface area (Å²) >= 11 is 11.5. The molecule has 3 saturated heterocycles. The van der Waals surface area contributed by atoms with E-state index < -0.39 is 0 Å². The molecule has 3 fully saturated rings. The molecule has 9 heteroatoms. The van der Waals surface area contributed by atoms with Gasteiger partial charge in [-0.05, 0) is 0 Å². The van der Waals surface area contributed by atoms with Crippen molar-refractivity contribution in [3.8, 4) is 0 Å². The van der Waals surface area contributed by atoms with Crippen molar-refractivity contribution in [2.75, 3.05) is 34.5 Å². The summed E-state index contributed by atoms with van der Waals surface area (Å²) in [5.41, 5.74) is 0. The van der Waals surface area contributed by atoms with Crippen LogP contribution in [0.25, 0.3) is 0 Å². The van der Waals surface area contributed by atoms with Crippen LogP contribution >= 0.6 is 70.6 Å². The van der Waals surface area contributed by atoms with E-state index in [9.17, 15) is 0 Å². The minimum atomic E-state index is 0.824. The van der Waals surface area contributed by atoms with Crippen LogP contribution in [0.5, 0.6) is 0 Å². The fourth-order valence-corrected chi connectivity index (χ4v) is 6.92. The van der Waals surface area contributed by atoms with Crippen LogP contribution < -0.4 is 0 Å².